The van der Waals surface area contributed by atoms with Crippen molar-refractivity contribution in [1.29, 1.82) is 0 Å². The summed E-state index contributed by atoms with van der Waals surface area (Å²) in [5.74, 6) is -9.34. The zero-order valence-electron chi connectivity index (χ0n) is 12.5. The SMILES string of the molecule is O=C(O)CC(NC(=O)C(F)(F)c1ccncc1)c1ccc(F)cc1F. The molecule has 1 aromatic heterocycles. The van der Waals surface area contributed by atoms with Crippen molar-refractivity contribution >= 4 is 11.9 Å². The van der Waals surface area contributed by atoms with Crippen LogP contribution in [0, 0.1) is 11.6 Å². The average Bonchev–Trinajstić information content (AvgIpc) is 2.54. The van der Waals surface area contributed by atoms with E-state index in [9.17, 15) is 27.2 Å². The number of pyridine rings is 1. The number of rotatable bonds is 6. The number of hydrogen-bond donors (Lipinski definition) is 2. The minimum absolute atomic E-state index is 0.414. The zero-order chi connectivity index (χ0) is 18.6. The normalized spacial score (nSPS) is 12.5. The van der Waals surface area contributed by atoms with Crippen LogP contribution in [0.3, 0.4) is 0 Å². The first-order valence-electron chi connectivity index (χ1n) is 6.98. The van der Waals surface area contributed by atoms with Crippen molar-refractivity contribution in [3.63, 3.8) is 0 Å². The maximum absolute atomic E-state index is 14.2. The smallest absolute Gasteiger partial charge is 0.349 e. The van der Waals surface area contributed by atoms with Gasteiger partial charge in [-0.15, -0.1) is 0 Å². The van der Waals surface area contributed by atoms with E-state index >= 15 is 0 Å². The molecule has 0 aliphatic heterocycles. The lowest BCUT2D eigenvalue weighted by molar-refractivity contribution is -0.148. The van der Waals surface area contributed by atoms with Crippen LogP contribution >= 0.6 is 0 Å². The standard InChI is InChI=1S/C16H12F4N2O3/c17-10-1-2-11(12(18)7-10)13(8-14(23)24)22-15(25)16(19,20)9-3-5-21-6-4-9/h1-7,13H,8H2,(H,22,25)(H,23,24). The minimum Gasteiger partial charge on any atom is -0.481 e. The van der Waals surface area contributed by atoms with Gasteiger partial charge in [0.15, 0.2) is 0 Å². The van der Waals surface area contributed by atoms with Crippen LogP contribution in [0.5, 0.6) is 0 Å². The first-order chi connectivity index (χ1) is 11.7. The monoisotopic (exact) mass is 356 g/mol. The molecule has 0 saturated heterocycles. The number of benzene rings is 1. The van der Waals surface area contributed by atoms with Crippen LogP contribution in [0.4, 0.5) is 17.6 Å². The van der Waals surface area contributed by atoms with Crippen molar-refractivity contribution in [2.45, 2.75) is 18.4 Å². The molecular weight excluding hydrogens is 344 g/mol. The van der Waals surface area contributed by atoms with E-state index in [0.29, 0.717) is 6.07 Å². The molecule has 0 radical (unpaired) electrons. The molecule has 25 heavy (non-hydrogen) atoms. The van der Waals surface area contributed by atoms with Gasteiger partial charge in [0, 0.05) is 29.6 Å². The lowest BCUT2D eigenvalue weighted by Crippen LogP contribution is -2.41. The van der Waals surface area contributed by atoms with E-state index < -0.39 is 53.0 Å². The zero-order valence-corrected chi connectivity index (χ0v) is 12.5. The van der Waals surface area contributed by atoms with Crippen LogP contribution < -0.4 is 5.32 Å². The third kappa shape index (κ3) is 4.31. The molecule has 1 aromatic carbocycles. The number of aliphatic carboxylic acids is 1. The van der Waals surface area contributed by atoms with Crippen LogP contribution in [0.15, 0.2) is 42.7 Å². The Labute approximate surface area is 139 Å². The number of nitrogens with zero attached hydrogens (tertiary/aromatic N) is 1. The number of carboxylic acids is 1. The molecule has 0 aliphatic rings. The molecule has 132 valence electrons. The molecule has 5 nitrogen and oxygen atoms in total. The Kier molecular flexibility index (Phi) is 5.35. The maximum atomic E-state index is 14.2. The van der Waals surface area contributed by atoms with Crippen molar-refractivity contribution in [3.8, 4) is 0 Å². The van der Waals surface area contributed by atoms with Crippen molar-refractivity contribution in [2.75, 3.05) is 0 Å². The van der Waals surface area contributed by atoms with Crippen molar-refractivity contribution in [3.05, 3.63) is 65.5 Å². The molecule has 1 heterocycles. The highest BCUT2D eigenvalue weighted by Crippen LogP contribution is 2.30. The van der Waals surface area contributed by atoms with Crippen molar-refractivity contribution in [2.24, 2.45) is 0 Å². The van der Waals surface area contributed by atoms with Gasteiger partial charge in [0.1, 0.15) is 11.6 Å². The molecule has 2 N–H and O–H groups in total. The van der Waals surface area contributed by atoms with Gasteiger partial charge >= 0.3 is 11.9 Å². The minimum atomic E-state index is -3.99. The summed E-state index contributed by atoms with van der Waals surface area (Å²) in [7, 11) is 0. The van der Waals surface area contributed by atoms with Gasteiger partial charge in [-0.05, 0) is 18.2 Å². The number of carbonyl (C=O) groups excluding carboxylic acids is 1. The molecule has 1 unspecified atom stereocenters. The summed E-state index contributed by atoms with van der Waals surface area (Å²) in [6, 6.07) is 2.44. The Hall–Kier alpha value is -2.97. The Morgan fingerprint density at radius 3 is 2.36 bits per heavy atom. The van der Waals surface area contributed by atoms with Gasteiger partial charge in [-0.25, -0.2) is 8.78 Å². The summed E-state index contributed by atoms with van der Waals surface area (Å²) < 4.78 is 55.2. The molecule has 0 bridgehead atoms. The molecule has 2 rings (SSSR count). The van der Waals surface area contributed by atoms with E-state index in [0.717, 1.165) is 36.7 Å². The number of hydrogen-bond acceptors (Lipinski definition) is 3. The number of amides is 1. The number of nitrogens with one attached hydrogen (secondary N) is 1. The molecule has 0 saturated carbocycles. The van der Waals surface area contributed by atoms with Crippen molar-refractivity contribution < 1.29 is 32.3 Å². The summed E-state index contributed by atoms with van der Waals surface area (Å²) >= 11 is 0. The third-order valence-electron chi connectivity index (χ3n) is 3.35. The molecular formula is C16H12F4N2O3. The summed E-state index contributed by atoms with van der Waals surface area (Å²) in [6.45, 7) is 0. The summed E-state index contributed by atoms with van der Waals surface area (Å²) in [6.07, 6.45) is 1.26. The van der Waals surface area contributed by atoms with Gasteiger partial charge in [0.25, 0.3) is 5.91 Å². The molecule has 0 spiro atoms. The van der Waals surface area contributed by atoms with E-state index in [2.05, 4.69) is 4.98 Å². The Morgan fingerprint density at radius 2 is 1.80 bits per heavy atom. The Bertz CT molecular complexity index is 784. The molecule has 2 aromatic rings. The van der Waals surface area contributed by atoms with E-state index in [1.54, 1.807) is 0 Å². The summed E-state index contributed by atoms with van der Waals surface area (Å²) in [4.78, 5) is 26.4. The highest BCUT2D eigenvalue weighted by atomic mass is 19.3. The summed E-state index contributed by atoms with van der Waals surface area (Å²) in [5, 5.41) is 10.7. The molecule has 0 aliphatic carbocycles. The number of aromatic nitrogens is 1. The van der Waals surface area contributed by atoms with Crippen LogP contribution in [-0.2, 0) is 15.5 Å². The van der Waals surface area contributed by atoms with Crippen LogP contribution in [-0.4, -0.2) is 22.0 Å². The molecule has 9 heteroatoms. The first kappa shape index (κ1) is 18.4. The second kappa shape index (κ2) is 7.29. The largest absolute Gasteiger partial charge is 0.481 e. The topological polar surface area (TPSA) is 79.3 Å². The van der Waals surface area contributed by atoms with Crippen LogP contribution in [0.1, 0.15) is 23.6 Å². The first-order valence-corrected chi connectivity index (χ1v) is 6.98. The van der Waals surface area contributed by atoms with E-state index in [-0.39, 0.29) is 0 Å². The van der Waals surface area contributed by atoms with Crippen LogP contribution in [0.2, 0.25) is 0 Å². The number of carbonyl (C=O) groups is 2. The average molecular weight is 356 g/mol. The lowest BCUT2D eigenvalue weighted by atomic mass is 10.0. The fourth-order valence-electron chi connectivity index (χ4n) is 2.14. The van der Waals surface area contributed by atoms with Gasteiger partial charge in [0.2, 0.25) is 0 Å². The molecule has 1 atom stereocenters. The summed E-state index contributed by atoms with van der Waals surface area (Å²) in [5.41, 5.74) is -1.07. The fraction of sp³-hybridized carbons (Fsp3) is 0.188. The van der Waals surface area contributed by atoms with Gasteiger partial charge in [-0.2, -0.15) is 8.78 Å². The fourth-order valence-corrected chi connectivity index (χ4v) is 2.14. The van der Waals surface area contributed by atoms with Gasteiger partial charge in [-0.3, -0.25) is 14.6 Å². The lowest BCUT2D eigenvalue weighted by Gasteiger charge is -2.22. The van der Waals surface area contributed by atoms with Crippen molar-refractivity contribution in [1.82, 2.24) is 10.3 Å². The third-order valence-corrected chi connectivity index (χ3v) is 3.35. The highest BCUT2D eigenvalue weighted by molar-refractivity contribution is 5.85. The van der Waals surface area contributed by atoms with E-state index in [4.69, 9.17) is 5.11 Å². The molecule has 1 amide bonds. The second-order valence-electron chi connectivity index (χ2n) is 5.10. The Morgan fingerprint density at radius 1 is 1.16 bits per heavy atom. The van der Waals surface area contributed by atoms with Crippen LogP contribution in [0.25, 0.3) is 0 Å². The van der Waals surface area contributed by atoms with E-state index in [1.165, 1.54) is 0 Å². The maximum Gasteiger partial charge on any atom is 0.349 e. The van der Waals surface area contributed by atoms with Gasteiger partial charge in [-0.1, -0.05) is 6.07 Å². The quantitative estimate of drug-likeness (QED) is 0.780. The number of carboxylic acid groups (broad SMARTS) is 1. The number of halogens is 4. The van der Waals surface area contributed by atoms with E-state index in [1.807, 2.05) is 5.32 Å². The Balaban J connectivity index is 2.30. The van der Waals surface area contributed by atoms with Gasteiger partial charge < -0.3 is 10.4 Å². The highest BCUT2D eigenvalue weighted by Gasteiger charge is 2.42. The number of alkyl halides is 2. The van der Waals surface area contributed by atoms with Gasteiger partial charge in [0.05, 0.1) is 12.5 Å². The predicted octanol–water partition coefficient (Wildman–Crippen LogP) is 2.78. The second-order valence-corrected chi connectivity index (χ2v) is 5.10. The molecule has 0 fully saturated rings. The predicted molar refractivity (Wildman–Crippen MR) is 77.6 cm³/mol.